The normalized spacial score (nSPS) is 13.0. The Bertz CT molecular complexity index is 1220. The average Bonchev–Trinajstić information content (AvgIpc) is 3.16. The lowest BCUT2D eigenvalue weighted by molar-refractivity contribution is -0.133. The summed E-state index contributed by atoms with van der Waals surface area (Å²) in [4.78, 5) is 19.6. The number of aromatic amines is 1. The third-order valence-electron chi connectivity index (χ3n) is 4.80. The van der Waals surface area contributed by atoms with Crippen molar-refractivity contribution in [3.05, 3.63) is 89.7 Å². The number of nitrogens with one attached hydrogen (secondary N) is 1. The predicted molar refractivity (Wildman–Crippen MR) is 105 cm³/mol. The molecule has 2 aromatic heterocycles. The van der Waals surface area contributed by atoms with Gasteiger partial charge in [-0.1, -0.05) is 48.5 Å². The van der Waals surface area contributed by atoms with Crippen molar-refractivity contribution in [3.8, 4) is 17.2 Å². The summed E-state index contributed by atoms with van der Waals surface area (Å²) in [6.07, 6.45) is 3.28. The first kappa shape index (κ1) is 17.5. The van der Waals surface area contributed by atoms with Gasteiger partial charge >= 0.3 is 0 Å². The number of rotatable bonds is 4. The number of fused-ring (bicyclic) bond motifs is 1. The molecule has 0 aliphatic rings. The predicted octanol–water partition coefficient (Wildman–Crippen LogP) is 2.82. The minimum absolute atomic E-state index is 0.363. The Morgan fingerprint density at radius 3 is 2.57 bits per heavy atom. The fraction of sp³-hybridized carbons (Fsp3) is 0.0455. The minimum atomic E-state index is -1.96. The zero-order valence-corrected chi connectivity index (χ0v) is 14.8. The second-order valence-corrected chi connectivity index (χ2v) is 6.46. The highest BCUT2D eigenvalue weighted by Gasteiger charge is 2.38. The van der Waals surface area contributed by atoms with Crippen LogP contribution in [0.15, 0.2) is 73.1 Å². The summed E-state index contributed by atoms with van der Waals surface area (Å²) in [5, 5.41) is 21.1. The number of pyridine rings is 1. The average molecular weight is 368 g/mol. The van der Waals surface area contributed by atoms with Crippen molar-refractivity contribution < 1.29 is 9.90 Å². The fourth-order valence-electron chi connectivity index (χ4n) is 3.35. The smallest absolute Gasteiger partial charge is 0.258 e. The van der Waals surface area contributed by atoms with Gasteiger partial charge in [0.25, 0.3) is 5.91 Å². The number of aliphatic hydroxyl groups is 1. The van der Waals surface area contributed by atoms with Crippen LogP contribution in [0.25, 0.3) is 22.2 Å². The van der Waals surface area contributed by atoms with Crippen molar-refractivity contribution in [2.75, 3.05) is 0 Å². The van der Waals surface area contributed by atoms with E-state index < -0.39 is 11.5 Å². The quantitative estimate of drug-likeness (QED) is 0.513. The van der Waals surface area contributed by atoms with Gasteiger partial charge in [0, 0.05) is 23.3 Å². The summed E-state index contributed by atoms with van der Waals surface area (Å²) in [5.74, 6) is -0.858. The van der Waals surface area contributed by atoms with Crippen LogP contribution < -0.4 is 5.73 Å². The summed E-state index contributed by atoms with van der Waals surface area (Å²) in [6, 6.07) is 19.4. The molecule has 0 spiro atoms. The molecule has 28 heavy (non-hydrogen) atoms. The maximum Gasteiger partial charge on any atom is 0.258 e. The maximum absolute atomic E-state index is 12.2. The van der Waals surface area contributed by atoms with Crippen LogP contribution in [0.5, 0.6) is 0 Å². The van der Waals surface area contributed by atoms with Crippen LogP contribution in [0.4, 0.5) is 0 Å². The Hall–Kier alpha value is -3.95. The largest absolute Gasteiger partial charge is 0.372 e. The molecule has 2 heterocycles. The standard InChI is InChI=1S/C22H16N4O2/c23-11-14-9-18-19(13-26-20(18)25-12-14)15-5-4-8-17(10-15)22(28,21(24)27)16-6-2-1-3-7-16/h1-10,12-13,28H,(H2,24,27)(H,25,26). The monoisotopic (exact) mass is 368 g/mol. The Morgan fingerprint density at radius 1 is 1.11 bits per heavy atom. The number of amides is 1. The van der Waals surface area contributed by atoms with E-state index in [4.69, 9.17) is 11.0 Å². The molecule has 0 aliphatic heterocycles. The molecule has 4 aromatic rings. The maximum atomic E-state index is 12.2. The lowest BCUT2D eigenvalue weighted by Crippen LogP contribution is -2.42. The van der Waals surface area contributed by atoms with Crippen LogP contribution in [0.1, 0.15) is 16.7 Å². The molecule has 0 bridgehead atoms. The highest BCUT2D eigenvalue weighted by atomic mass is 16.3. The van der Waals surface area contributed by atoms with Gasteiger partial charge in [-0.2, -0.15) is 5.26 Å². The van der Waals surface area contributed by atoms with Crippen molar-refractivity contribution in [1.29, 1.82) is 5.26 Å². The summed E-state index contributed by atoms with van der Waals surface area (Å²) in [5.41, 5.74) is 7.05. The molecule has 136 valence electrons. The number of carbonyl (C=O) groups is 1. The molecule has 1 amide bonds. The van der Waals surface area contributed by atoms with Crippen LogP contribution >= 0.6 is 0 Å². The lowest BCUT2D eigenvalue weighted by atomic mass is 9.84. The number of nitrogens with two attached hydrogens (primary N) is 1. The van der Waals surface area contributed by atoms with Crippen molar-refractivity contribution >= 4 is 16.9 Å². The van der Waals surface area contributed by atoms with Crippen LogP contribution in [0, 0.1) is 11.3 Å². The number of nitriles is 1. The Balaban J connectivity index is 1.89. The molecular formula is C22H16N4O2. The third-order valence-corrected chi connectivity index (χ3v) is 4.80. The number of aromatic nitrogens is 2. The van der Waals surface area contributed by atoms with Crippen LogP contribution in [-0.2, 0) is 10.4 Å². The summed E-state index contributed by atoms with van der Waals surface area (Å²) in [6.45, 7) is 0. The zero-order chi connectivity index (χ0) is 19.7. The molecule has 6 nitrogen and oxygen atoms in total. The van der Waals surface area contributed by atoms with E-state index in [1.807, 2.05) is 6.07 Å². The second kappa shape index (κ2) is 6.65. The number of hydrogen-bond acceptors (Lipinski definition) is 4. The van der Waals surface area contributed by atoms with E-state index >= 15 is 0 Å². The van der Waals surface area contributed by atoms with Gasteiger partial charge in [0.2, 0.25) is 0 Å². The van der Waals surface area contributed by atoms with E-state index in [0.29, 0.717) is 22.3 Å². The van der Waals surface area contributed by atoms with Crippen LogP contribution in [0.3, 0.4) is 0 Å². The number of hydrogen-bond donors (Lipinski definition) is 3. The van der Waals surface area contributed by atoms with Crippen LogP contribution in [-0.4, -0.2) is 21.0 Å². The Morgan fingerprint density at radius 2 is 1.86 bits per heavy atom. The molecule has 0 radical (unpaired) electrons. The molecular weight excluding hydrogens is 352 g/mol. The van der Waals surface area contributed by atoms with Gasteiger partial charge < -0.3 is 15.8 Å². The van der Waals surface area contributed by atoms with Crippen molar-refractivity contribution in [2.24, 2.45) is 5.73 Å². The topological polar surface area (TPSA) is 116 Å². The van der Waals surface area contributed by atoms with E-state index in [9.17, 15) is 9.90 Å². The van der Waals surface area contributed by atoms with Gasteiger partial charge in [0.05, 0.1) is 5.56 Å². The van der Waals surface area contributed by atoms with E-state index in [2.05, 4.69) is 16.0 Å². The van der Waals surface area contributed by atoms with Crippen molar-refractivity contribution in [2.45, 2.75) is 5.60 Å². The lowest BCUT2D eigenvalue weighted by Gasteiger charge is -2.26. The van der Waals surface area contributed by atoms with E-state index in [0.717, 1.165) is 16.5 Å². The molecule has 4 N–H and O–H groups in total. The fourth-order valence-corrected chi connectivity index (χ4v) is 3.35. The molecule has 0 aliphatic carbocycles. The van der Waals surface area contributed by atoms with E-state index in [-0.39, 0.29) is 0 Å². The first-order valence-corrected chi connectivity index (χ1v) is 8.60. The summed E-state index contributed by atoms with van der Waals surface area (Å²) in [7, 11) is 0. The van der Waals surface area contributed by atoms with Crippen molar-refractivity contribution in [3.63, 3.8) is 0 Å². The number of benzene rings is 2. The van der Waals surface area contributed by atoms with Gasteiger partial charge in [-0.15, -0.1) is 0 Å². The second-order valence-electron chi connectivity index (χ2n) is 6.46. The first-order valence-electron chi connectivity index (χ1n) is 8.60. The molecule has 2 aromatic carbocycles. The van der Waals surface area contributed by atoms with Crippen LogP contribution in [0.2, 0.25) is 0 Å². The van der Waals surface area contributed by atoms with E-state index in [1.165, 1.54) is 6.20 Å². The van der Waals surface area contributed by atoms with Gasteiger partial charge in [-0.3, -0.25) is 4.79 Å². The number of carbonyl (C=O) groups excluding carboxylic acids is 1. The molecule has 0 fully saturated rings. The molecule has 0 saturated carbocycles. The molecule has 6 heteroatoms. The SMILES string of the molecule is N#Cc1cnc2[nH]cc(-c3cccc(C(O)(C(N)=O)c4ccccc4)c3)c2c1. The van der Waals surface area contributed by atoms with Gasteiger partial charge in [0.1, 0.15) is 11.7 Å². The Kier molecular flexibility index (Phi) is 4.15. The molecule has 4 rings (SSSR count). The minimum Gasteiger partial charge on any atom is -0.372 e. The van der Waals surface area contributed by atoms with E-state index in [1.54, 1.807) is 60.8 Å². The molecule has 0 saturated heterocycles. The zero-order valence-electron chi connectivity index (χ0n) is 14.8. The number of H-pyrrole nitrogens is 1. The molecule has 1 atom stereocenters. The summed E-state index contributed by atoms with van der Waals surface area (Å²) >= 11 is 0. The summed E-state index contributed by atoms with van der Waals surface area (Å²) < 4.78 is 0. The highest BCUT2D eigenvalue weighted by Crippen LogP contribution is 2.34. The Labute approximate surface area is 160 Å². The van der Waals surface area contributed by atoms with Gasteiger partial charge in [-0.05, 0) is 28.8 Å². The number of nitrogens with zero attached hydrogens (tertiary/aromatic N) is 2. The van der Waals surface area contributed by atoms with Gasteiger partial charge in [-0.25, -0.2) is 4.98 Å². The third kappa shape index (κ3) is 2.71. The highest BCUT2D eigenvalue weighted by molar-refractivity contribution is 5.95. The number of primary amides is 1. The van der Waals surface area contributed by atoms with Crippen molar-refractivity contribution in [1.82, 2.24) is 9.97 Å². The first-order chi connectivity index (χ1) is 13.5. The van der Waals surface area contributed by atoms with Gasteiger partial charge in [0.15, 0.2) is 5.60 Å². The molecule has 1 unspecified atom stereocenters.